The Labute approximate surface area is 263 Å². The van der Waals surface area contributed by atoms with Crippen molar-refractivity contribution in [3.63, 3.8) is 0 Å². The van der Waals surface area contributed by atoms with Gasteiger partial charge in [-0.15, -0.1) is 0 Å². The van der Waals surface area contributed by atoms with Crippen LogP contribution in [0, 0.1) is 5.41 Å². The molecular weight excluding hydrogens is 679 g/mol. The zero-order valence-electron chi connectivity index (χ0n) is 24.1. The number of nitrogen functional groups attached to an aromatic ring is 1. The van der Waals surface area contributed by atoms with E-state index >= 15 is 0 Å². The van der Waals surface area contributed by atoms with E-state index in [9.17, 15) is 53.9 Å². The van der Waals surface area contributed by atoms with Crippen LogP contribution in [0.15, 0.2) is 30.3 Å². The first-order chi connectivity index (χ1) is 22.2. The number of esters is 3. The highest BCUT2D eigenvalue weighted by atomic mass is 19.4. The molecule has 1 fully saturated rings. The minimum atomic E-state index is -5.88. The van der Waals surface area contributed by atoms with Crippen LogP contribution in [-0.4, -0.2) is 74.1 Å². The Kier molecular flexibility index (Phi) is 11.7. The second-order valence-corrected chi connectivity index (χ2v) is 9.97. The van der Waals surface area contributed by atoms with Crippen molar-refractivity contribution < 1.29 is 77.6 Å². The first-order valence-corrected chi connectivity index (χ1v) is 13.4. The van der Waals surface area contributed by atoms with Crippen molar-refractivity contribution in [1.29, 1.82) is 5.41 Å². The zero-order chi connectivity index (χ0) is 36.0. The van der Waals surface area contributed by atoms with Gasteiger partial charge in [-0.1, -0.05) is 12.1 Å². The third-order valence-electron chi connectivity index (χ3n) is 6.18. The summed E-state index contributed by atoms with van der Waals surface area (Å²) in [5, 5.41) is 10.8. The highest BCUT2D eigenvalue weighted by Gasteiger charge is 2.47. The van der Waals surface area contributed by atoms with E-state index in [0.29, 0.717) is 11.3 Å². The van der Waals surface area contributed by atoms with Crippen molar-refractivity contribution >= 4 is 23.7 Å². The molecule has 1 aliphatic rings. The van der Waals surface area contributed by atoms with E-state index in [1.54, 1.807) is 24.3 Å². The number of nitrogens with one attached hydrogen (secondary N) is 2. The van der Waals surface area contributed by atoms with Gasteiger partial charge in [0.15, 0.2) is 11.5 Å². The molecule has 1 heterocycles. The van der Waals surface area contributed by atoms with Gasteiger partial charge in [-0.05, 0) is 56.1 Å². The van der Waals surface area contributed by atoms with Crippen LogP contribution in [0.25, 0.3) is 0 Å². The number of halogens is 9. The Bertz CT molecular complexity index is 1510. The Balaban J connectivity index is 2.02. The number of hydrogen-bond acceptors (Lipinski definition) is 11. The first-order valence-electron chi connectivity index (χ1n) is 13.4. The second-order valence-electron chi connectivity index (χ2n) is 9.97. The molecule has 0 aromatic heterocycles. The maximum atomic E-state index is 13.1. The summed E-state index contributed by atoms with van der Waals surface area (Å²) in [5.74, 6) is -17.1. The standard InChI is InChI=1S/C27H25F9N4O8/c28-25(29,30)22(41)46-17-10-16(21(38)39)18(47-23(42)26(31,32)33)20(19(17)48-24(43)27(34,35)36)44-11-13(37)9-12-1-3-14(4-2-12)45-15-5-7-40-8-6-15/h1-4,10,13,15,40H,5-9,11,37H2,(H3,38,39)/t13-/m1/s1. The third kappa shape index (κ3) is 10.4. The van der Waals surface area contributed by atoms with Crippen molar-refractivity contribution in [2.45, 2.75) is 49.9 Å². The molecule has 264 valence electrons. The fourth-order valence-electron chi connectivity index (χ4n) is 4.03. The zero-order valence-corrected chi connectivity index (χ0v) is 24.1. The summed E-state index contributed by atoms with van der Waals surface area (Å²) in [6, 6.07) is 5.14. The molecule has 0 bridgehead atoms. The molecule has 1 atom stereocenters. The topological polar surface area (TPSA) is 185 Å². The first kappa shape index (κ1) is 37.7. The van der Waals surface area contributed by atoms with Crippen LogP contribution in [0.4, 0.5) is 39.5 Å². The molecule has 12 nitrogen and oxygen atoms in total. The number of ether oxygens (including phenoxy) is 5. The average molecular weight is 704 g/mol. The van der Waals surface area contributed by atoms with Crippen molar-refractivity contribution in [3.05, 3.63) is 41.5 Å². The summed E-state index contributed by atoms with van der Waals surface area (Å²) in [6.45, 7) is 0.620. The van der Waals surface area contributed by atoms with Crippen LogP contribution in [0.2, 0.25) is 0 Å². The summed E-state index contributed by atoms with van der Waals surface area (Å²) in [6.07, 6.45) is -16.1. The fourth-order valence-corrected chi connectivity index (χ4v) is 4.03. The van der Waals surface area contributed by atoms with E-state index in [1.807, 2.05) is 0 Å². The van der Waals surface area contributed by atoms with Crippen LogP contribution in [-0.2, 0) is 20.8 Å². The quantitative estimate of drug-likeness (QED) is 0.0883. The molecular formula is C27H25F9N4O8. The Hall–Kier alpha value is -4.79. The van der Waals surface area contributed by atoms with E-state index in [1.165, 1.54) is 0 Å². The highest BCUT2D eigenvalue weighted by molar-refractivity contribution is 6.01. The number of amidine groups is 1. The lowest BCUT2D eigenvalue weighted by atomic mass is 10.1. The second kappa shape index (κ2) is 15.0. The van der Waals surface area contributed by atoms with Gasteiger partial charge in [0.05, 0.1) is 5.56 Å². The van der Waals surface area contributed by atoms with E-state index in [2.05, 4.69) is 19.5 Å². The van der Waals surface area contributed by atoms with Gasteiger partial charge in [-0.3, -0.25) is 5.41 Å². The summed E-state index contributed by atoms with van der Waals surface area (Å²) in [4.78, 5) is 35.0. The number of alkyl halides is 9. The number of carbonyl (C=O) groups is 3. The molecule has 1 aliphatic heterocycles. The Morgan fingerprint density at radius 2 is 1.31 bits per heavy atom. The van der Waals surface area contributed by atoms with Crippen LogP contribution in [0.1, 0.15) is 24.0 Å². The number of rotatable bonds is 11. The summed E-state index contributed by atoms with van der Waals surface area (Å²) in [5.41, 5.74) is 10.5. The van der Waals surface area contributed by atoms with Crippen LogP contribution in [0.5, 0.6) is 28.7 Å². The molecule has 0 aliphatic carbocycles. The minimum Gasteiger partial charge on any atom is -0.490 e. The molecule has 0 spiro atoms. The lowest BCUT2D eigenvalue weighted by Crippen LogP contribution is -2.34. The number of nitrogens with two attached hydrogens (primary N) is 2. The van der Waals surface area contributed by atoms with Gasteiger partial charge in [0.2, 0.25) is 11.5 Å². The van der Waals surface area contributed by atoms with E-state index in [-0.39, 0.29) is 18.6 Å². The van der Waals surface area contributed by atoms with Gasteiger partial charge < -0.3 is 40.5 Å². The van der Waals surface area contributed by atoms with Gasteiger partial charge in [0, 0.05) is 6.04 Å². The van der Waals surface area contributed by atoms with E-state index in [4.69, 9.17) is 26.4 Å². The summed E-state index contributed by atoms with van der Waals surface area (Å²) in [7, 11) is 0. The predicted octanol–water partition coefficient (Wildman–Crippen LogP) is 3.45. The smallest absolute Gasteiger partial charge is 0.490 e. The molecule has 0 radical (unpaired) electrons. The maximum absolute atomic E-state index is 13.1. The largest absolute Gasteiger partial charge is 0.491 e. The van der Waals surface area contributed by atoms with Crippen molar-refractivity contribution in [2.75, 3.05) is 19.7 Å². The third-order valence-corrected chi connectivity index (χ3v) is 6.18. The SMILES string of the molecule is N=C(N)c1cc(OC(=O)C(F)(F)F)c(OC(=O)C(F)(F)F)c(OC[C@H](N)Cc2ccc(OC3CCNCC3)cc2)c1OC(=O)C(F)(F)F. The van der Waals surface area contributed by atoms with Crippen LogP contribution < -0.4 is 40.5 Å². The fraction of sp³-hybridized carbons (Fsp3) is 0.407. The van der Waals surface area contributed by atoms with E-state index in [0.717, 1.165) is 25.9 Å². The molecule has 0 amide bonds. The van der Waals surface area contributed by atoms with Crippen molar-refractivity contribution in [2.24, 2.45) is 11.5 Å². The van der Waals surface area contributed by atoms with Crippen molar-refractivity contribution in [1.82, 2.24) is 5.32 Å². The molecule has 2 aromatic carbocycles. The molecule has 2 aromatic rings. The number of piperidine rings is 1. The monoisotopic (exact) mass is 704 g/mol. The summed E-state index contributed by atoms with van der Waals surface area (Å²) < 4.78 is 141. The molecule has 48 heavy (non-hydrogen) atoms. The predicted molar refractivity (Wildman–Crippen MR) is 143 cm³/mol. The number of hydrogen-bond donors (Lipinski definition) is 4. The van der Waals surface area contributed by atoms with Crippen molar-refractivity contribution in [3.8, 4) is 28.7 Å². The minimum absolute atomic E-state index is 0.00973. The highest BCUT2D eigenvalue weighted by Crippen LogP contribution is 2.49. The lowest BCUT2D eigenvalue weighted by Gasteiger charge is -2.24. The molecule has 1 saturated heterocycles. The van der Waals surface area contributed by atoms with E-state index < -0.39 is 83.5 Å². The molecule has 0 saturated carbocycles. The average Bonchev–Trinajstić information content (AvgIpc) is 2.97. The van der Waals surface area contributed by atoms with Crippen LogP contribution >= 0.6 is 0 Å². The maximum Gasteiger partial charge on any atom is 0.491 e. The van der Waals surface area contributed by atoms with Gasteiger partial charge in [0.1, 0.15) is 24.3 Å². The van der Waals surface area contributed by atoms with Gasteiger partial charge >= 0.3 is 36.4 Å². The number of benzene rings is 2. The number of carbonyl (C=O) groups excluding carboxylic acids is 3. The lowest BCUT2D eigenvalue weighted by molar-refractivity contribution is -0.192. The van der Waals surface area contributed by atoms with Gasteiger partial charge in [0.25, 0.3) is 0 Å². The Morgan fingerprint density at radius 1 is 0.812 bits per heavy atom. The Morgan fingerprint density at radius 3 is 1.81 bits per heavy atom. The van der Waals surface area contributed by atoms with Gasteiger partial charge in [-0.25, -0.2) is 14.4 Å². The molecule has 6 N–H and O–H groups in total. The van der Waals surface area contributed by atoms with Crippen LogP contribution in [0.3, 0.4) is 0 Å². The van der Waals surface area contributed by atoms with Gasteiger partial charge in [-0.2, -0.15) is 39.5 Å². The molecule has 3 rings (SSSR count). The normalized spacial score (nSPS) is 14.9. The summed E-state index contributed by atoms with van der Waals surface area (Å²) >= 11 is 0. The molecule has 0 unspecified atom stereocenters. The molecule has 21 heteroatoms.